The summed E-state index contributed by atoms with van der Waals surface area (Å²) in [5.41, 5.74) is 0. The summed E-state index contributed by atoms with van der Waals surface area (Å²) in [5, 5.41) is 11.8. The first-order valence-electron chi connectivity index (χ1n) is 4.15. The van der Waals surface area contributed by atoms with E-state index in [0.29, 0.717) is 0 Å². The Bertz CT molecular complexity index is 250. The van der Waals surface area contributed by atoms with Crippen molar-refractivity contribution in [1.82, 2.24) is 0 Å². The van der Waals surface area contributed by atoms with E-state index >= 15 is 0 Å². The second-order valence-corrected chi connectivity index (χ2v) is 5.57. The zero-order valence-corrected chi connectivity index (χ0v) is 10.7. The van der Waals surface area contributed by atoms with Gasteiger partial charge in [-0.2, -0.15) is 11.8 Å². The molecule has 1 aromatic heterocycles. The zero-order chi connectivity index (χ0) is 9.68. The quantitative estimate of drug-likeness (QED) is 0.831. The van der Waals surface area contributed by atoms with Crippen LogP contribution in [0.3, 0.4) is 0 Å². The topological polar surface area (TPSA) is 20.2 Å². The molecule has 1 atom stereocenters. The Morgan fingerprint density at radius 1 is 1.69 bits per heavy atom. The van der Waals surface area contributed by atoms with Crippen molar-refractivity contribution in [2.24, 2.45) is 0 Å². The van der Waals surface area contributed by atoms with Crippen molar-refractivity contribution in [3.63, 3.8) is 0 Å². The third-order valence-corrected chi connectivity index (χ3v) is 4.44. The van der Waals surface area contributed by atoms with Crippen molar-refractivity contribution in [2.75, 3.05) is 12.0 Å². The van der Waals surface area contributed by atoms with Gasteiger partial charge >= 0.3 is 0 Å². The average molecular weight is 281 g/mol. The molecule has 0 radical (unpaired) electrons. The molecule has 1 aromatic rings. The number of hydrogen-bond acceptors (Lipinski definition) is 3. The first-order chi connectivity index (χ1) is 6.25. The number of halogens is 1. The first kappa shape index (κ1) is 11.6. The summed E-state index contributed by atoms with van der Waals surface area (Å²) >= 11 is 6.86. The van der Waals surface area contributed by atoms with Gasteiger partial charge in [0.05, 0.1) is 6.10 Å². The highest BCUT2D eigenvalue weighted by atomic mass is 79.9. The van der Waals surface area contributed by atoms with Gasteiger partial charge in [0.1, 0.15) is 0 Å². The normalized spacial score (nSPS) is 13.2. The Hall–Kier alpha value is 0.490. The highest BCUT2D eigenvalue weighted by Gasteiger charge is 2.11. The summed E-state index contributed by atoms with van der Waals surface area (Å²) in [4.78, 5) is 1.06. The molecule has 1 unspecified atom stereocenters. The first-order valence-corrected chi connectivity index (χ1v) is 7.22. The number of aliphatic hydroxyl groups is 1. The second kappa shape index (κ2) is 6.06. The van der Waals surface area contributed by atoms with Crippen molar-refractivity contribution in [3.05, 3.63) is 20.8 Å². The smallest absolute Gasteiger partial charge is 0.0893 e. The van der Waals surface area contributed by atoms with Crippen LogP contribution in [0.4, 0.5) is 0 Å². The number of thiophene rings is 1. The van der Waals surface area contributed by atoms with Crippen LogP contribution in [0, 0.1) is 0 Å². The van der Waals surface area contributed by atoms with Crippen LogP contribution in [-0.2, 0) is 0 Å². The highest BCUT2D eigenvalue weighted by molar-refractivity contribution is 9.10. The summed E-state index contributed by atoms with van der Waals surface area (Å²) in [7, 11) is 0. The van der Waals surface area contributed by atoms with Gasteiger partial charge in [0.25, 0.3) is 0 Å². The molecule has 13 heavy (non-hydrogen) atoms. The van der Waals surface area contributed by atoms with Gasteiger partial charge in [-0.1, -0.05) is 0 Å². The molecule has 1 heterocycles. The number of rotatable bonds is 5. The number of hydrogen-bond donors (Lipinski definition) is 1. The minimum Gasteiger partial charge on any atom is -0.388 e. The van der Waals surface area contributed by atoms with Crippen LogP contribution >= 0.6 is 39.0 Å². The summed E-state index contributed by atoms with van der Waals surface area (Å²) < 4.78 is 1.04. The van der Waals surface area contributed by atoms with Crippen molar-refractivity contribution in [3.8, 4) is 0 Å². The maximum atomic E-state index is 9.79. The van der Waals surface area contributed by atoms with Gasteiger partial charge in [-0.3, -0.25) is 0 Å². The van der Waals surface area contributed by atoms with E-state index in [4.69, 9.17) is 0 Å². The van der Waals surface area contributed by atoms with Crippen LogP contribution in [-0.4, -0.2) is 17.1 Å². The Morgan fingerprint density at radius 3 is 3.00 bits per heavy atom. The maximum Gasteiger partial charge on any atom is 0.0893 e. The van der Waals surface area contributed by atoms with E-state index in [1.165, 1.54) is 0 Å². The number of aliphatic hydroxyl groups excluding tert-OH is 1. The Kier molecular flexibility index (Phi) is 5.39. The van der Waals surface area contributed by atoms with Gasteiger partial charge in [-0.05, 0) is 52.2 Å². The molecule has 0 aromatic carbocycles. The van der Waals surface area contributed by atoms with Crippen molar-refractivity contribution in [2.45, 2.75) is 18.9 Å². The SMILES string of the molecule is CSCCCC(O)c1sccc1Br. The molecule has 1 N–H and O–H groups in total. The standard InChI is InChI=1S/C9H13BrOS2/c1-12-5-2-3-8(11)9-7(10)4-6-13-9/h4,6,8,11H,2-3,5H2,1H3. The zero-order valence-electron chi connectivity index (χ0n) is 7.50. The van der Waals surface area contributed by atoms with Gasteiger partial charge in [0.15, 0.2) is 0 Å². The second-order valence-electron chi connectivity index (χ2n) is 2.78. The molecule has 0 aliphatic heterocycles. The largest absolute Gasteiger partial charge is 0.388 e. The van der Waals surface area contributed by atoms with Gasteiger partial charge in [0, 0.05) is 9.35 Å². The highest BCUT2D eigenvalue weighted by Crippen LogP contribution is 2.31. The fourth-order valence-corrected chi connectivity index (χ4v) is 3.21. The van der Waals surface area contributed by atoms with Crippen LogP contribution in [0.1, 0.15) is 23.8 Å². The summed E-state index contributed by atoms with van der Waals surface area (Å²) in [6.45, 7) is 0. The predicted molar refractivity (Wildman–Crippen MR) is 64.6 cm³/mol. The Balaban J connectivity index is 2.39. The minimum absolute atomic E-state index is 0.290. The lowest BCUT2D eigenvalue weighted by Gasteiger charge is -2.08. The average Bonchev–Trinajstić information content (AvgIpc) is 2.52. The Labute approximate surface area is 95.7 Å². The lowest BCUT2D eigenvalue weighted by Crippen LogP contribution is -1.95. The molecule has 1 rings (SSSR count). The molecule has 0 aliphatic rings. The molecule has 0 spiro atoms. The number of thioether (sulfide) groups is 1. The Morgan fingerprint density at radius 2 is 2.46 bits per heavy atom. The molecule has 0 fully saturated rings. The monoisotopic (exact) mass is 280 g/mol. The molecular weight excluding hydrogens is 268 g/mol. The minimum atomic E-state index is -0.290. The molecular formula is C9H13BrOS2. The summed E-state index contributed by atoms with van der Waals surface area (Å²) in [6, 6.07) is 1.98. The fourth-order valence-electron chi connectivity index (χ4n) is 1.10. The third kappa shape index (κ3) is 3.62. The molecule has 0 saturated heterocycles. The van der Waals surface area contributed by atoms with Crippen LogP contribution < -0.4 is 0 Å². The van der Waals surface area contributed by atoms with Crippen LogP contribution in [0.25, 0.3) is 0 Å². The maximum absolute atomic E-state index is 9.79. The summed E-state index contributed by atoms with van der Waals surface area (Å²) in [5.74, 6) is 1.13. The lowest BCUT2D eigenvalue weighted by atomic mass is 10.2. The van der Waals surface area contributed by atoms with E-state index < -0.39 is 0 Å². The van der Waals surface area contributed by atoms with E-state index in [9.17, 15) is 5.11 Å². The predicted octanol–water partition coefficient (Wildman–Crippen LogP) is 3.69. The molecule has 0 bridgehead atoms. The van der Waals surface area contributed by atoms with Crippen LogP contribution in [0.2, 0.25) is 0 Å². The van der Waals surface area contributed by atoms with E-state index in [0.717, 1.165) is 27.9 Å². The third-order valence-electron chi connectivity index (χ3n) is 1.77. The van der Waals surface area contributed by atoms with Crippen LogP contribution in [0.15, 0.2) is 15.9 Å². The van der Waals surface area contributed by atoms with E-state index in [-0.39, 0.29) is 6.10 Å². The van der Waals surface area contributed by atoms with Gasteiger partial charge < -0.3 is 5.11 Å². The summed E-state index contributed by atoms with van der Waals surface area (Å²) in [6.07, 6.45) is 3.74. The van der Waals surface area contributed by atoms with Gasteiger partial charge in [-0.15, -0.1) is 11.3 Å². The van der Waals surface area contributed by atoms with Crippen molar-refractivity contribution in [1.29, 1.82) is 0 Å². The van der Waals surface area contributed by atoms with Gasteiger partial charge in [-0.25, -0.2) is 0 Å². The molecule has 0 saturated carbocycles. The molecule has 74 valence electrons. The molecule has 0 aliphatic carbocycles. The van der Waals surface area contributed by atoms with E-state index in [1.54, 1.807) is 11.3 Å². The van der Waals surface area contributed by atoms with E-state index in [1.807, 2.05) is 23.2 Å². The molecule has 4 heteroatoms. The van der Waals surface area contributed by atoms with E-state index in [2.05, 4.69) is 22.2 Å². The van der Waals surface area contributed by atoms with Crippen molar-refractivity contribution < 1.29 is 5.11 Å². The van der Waals surface area contributed by atoms with Crippen LogP contribution in [0.5, 0.6) is 0 Å². The van der Waals surface area contributed by atoms with Crippen molar-refractivity contribution >= 4 is 39.0 Å². The van der Waals surface area contributed by atoms with Gasteiger partial charge in [0.2, 0.25) is 0 Å². The fraction of sp³-hybridized carbons (Fsp3) is 0.556. The lowest BCUT2D eigenvalue weighted by molar-refractivity contribution is 0.170. The molecule has 1 nitrogen and oxygen atoms in total. The molecule has 0 amide bonds.